The van der Waals surface area contributed by atoms with Gasteiger partial charge in [-0.3, -0.25) is 0 Å². The van der Waals surface area contributed by atoms with E-state index in [1.807, 2.05) is 25.1 Å². The predicted molar refractivity (Wildman–Crippen MR) is 51.4 cm³/mol. The first kappa shape index (κ1) is 8.70. The molecule has 0 radical (unpaired) electrons. The topological polar surface area (TPSA) is 12.0 Å². The average Bonchev–Trinajstić information content (AvgIpc) is 2.62. The molecule has 1 saturated heterocycles. The summed E-state index contributed by atoms with van der Waals surface area (Å²) in [5.41, 5.74) is 1.63. The summed E-state index contributed by atoms with van der Waals surface area (Å²) in [6.07, 6.45) is 1.06. The quantitative estimate of drug-likeness (QED) is 0.697. The Bertz CT molecular complexity index is 303. The van der Waals surface area contributed by atoms with E-state index in [2.05, 4.69) is 5.32 Å². The Labute approximate surface area is 78.0 Å². The number of aryl methyl sites for hydroxylation is 1. The Kier molecular flexibility index (Phi) is 2.32. The van der Waals surface area contributed by atoms with Crippen LogP contribution in [-0.4, -0.2) is 13.1 Å². The van der Waals surface area contributed by atoms with Crippen molar-refractivity contribution in [2.24, 2.45) is 0 Å². The highest BCUT2D eigenvalue weighted by molar-refractivity contribution is 5.28. The summed E-state index contributed by atoms with van der Waals surface area (Å²) in [5.74, 6) is 0.358. The first-order valence-electron chi connectivity index (χ1n) is 4.75. The average molecular weight is 179 g/mol. The minimum absolute atomic E-state index is 0.0174. The van der Waals surface area contributed by atoms with Crippen LogP contribution in [0.1, 0.15) is 23.5 Å². The van der Waals surface area contributed by atoms with E-state index in [0.29, 0.717) is 5.92 Å². The smallest absolute Gasteiger partial charge is 0.129 e. The fourth-order valence-electron chi connectivity index (χ4n) is 1.91. The van der Waals surface area contributed by atoms with Gasteiger partial charge in [0.05, 0.1) is 0 Å². The third-order valence-corrected chi connectivity index (χ3v) is 2.72. The second-order valence-electron chi connectivity index (χ2n) is 3.67. The highest BCUT2D eigenvalue weighted by Crippen LogP contribution is 2.25. The fraction of sp³-hybridized carbons (Fsp3) is 0.455. The number of benzene rings is 1. The maximum Gasteiger partial charge on any atom is 0.129 e. The van der Waals surface area contributed by atoms with Crippen LogP contribution in [0.2, 0.25) is 0 Å². The lowest BCUT2D eigenvalue weighted by Gasteiger charge is -2.10. The first-order valence-corrected chi connectivity index (χ1v) is 4.75. The van der Waals surface area contributed by atoms with Crippen molar-refractivity contribution in [3.8, 4) is 0 Å². The zero-order valence-electron chi connectivity index (χ0n) is 7.81. The van der Waals surface area contributed by atoms with Crippen LogP contribution in [0, 0.1) is 12.7 Å². The number of hydrogen-bond acceptors (Lipinski definition) is 1. The van der Waals surface area contributed by atoms with E-state index < -0.39 is 0 Å². The maximum atomic E-state index is 13.6. The fourth-order valence-corrected chi connectivity index (χ4v) is 1.91. The summed E-state index contributed by atoms with van der Waals surface area (Å²) >= 11 is 0. The van der Waals surface area contributed by atoms with Gasteiger partial charge >= 0.3 is 0 Å². The zero-order chi connectivity index (χ0) is 9.26. The summed E-state index contributed by atoms with van der Waals surface area (Å²) < 4.78 is 13.6. The molecule has 0 spiro atoms. The van der Waals surface area contributed by atoms with E-state index in [4.69, 9.17) is 0 Å². The van der Waals surface area contributed by atoms with E-state index in [0.717, 1.165) is 30.6 Å². The summed E-state index contributed by atoms with van der Waals surface area (Å²) in [6.45, 7) is 3.75. The summed E-state index contributed by atoms with van der Waals surface area (Å²) in [5, 5.41) is 3.25. The van der Waals surface area contributed by atoms with Crippen molar-refractivity contribution in [1.82, 2.24) is 5.32 Å². The minimum atomic E-state index is -0.0174. The molecule has 0 aliphatic carbocycles. The minimum Gasteiger partial charge on any atom is -0.316 e. The molecule has 0 saturated carbocycles. The lowest BCUT2D eigenvalue weighted by atomic mass is 9.96. The molecule has 1 fully saturated rings. The third kappa shape index (κ3) is 1.59. The van der Waals surface area contributed by atoms with Crippen LogP contribution >= 0.6 is 0 Å². The van der Waals surface area contributed by atoms with E-state index in [-0.39, 0.29) is 5.82 Å². The molecule has 2 rings (SSSR count). The van der Waals surface area contributed by atoms with Gasteiger partial charge in [-0.1, -0.05) is 18.2 Å². The highest BCUT2D eigenvalue weighted by atomic mass is 19.1. The summed E-state index contributed by atoms with van der Waals surface area (Å²) in [7, 11) is 0. The standard InChI is InChI=1S/C11H14FN/c1-8-3-2-4-10(11(8)12)9-5-6-13-7-9/h2-4,9,13H,5-7H2,1H3. The van der Waals surface area contributed by atoms with Gasteiger partial charge in [0.15, 0.2) is 0 Å². The van der Waals surface area contributed by atoms with Crippen molar-refractivity contribution in [2.45, 2.75) is 19.3 Å². The van der Waals surface area contributed by atoms with E-state index in [1.54, 1.807) is 0 Å². The van der Waals surface area contributed by atoms with Crippen molar-refractivity contribution in [2.75, 3.05) is 13.1 Å². The molecule has 1 aliphatic rings. The van der Waals surface area contributed by atoms with Crippen LogP contribution in [-0.2, 0) is 0 Å². The molecule has 1 aromatic rings. The Morgan fingerprint density at radius 2 is 2.31 bits per heavy atom. The van der Waals surface area contributed by atoms with Crippen molar-refractivity contribution >= 4 is 0 Å². The number of hydrogen-bond donors (Lipinski definition) is 1. The Morgan fingerprint density at radius 3 is 3.00 bits per heavy atom. The number of nitrogens with one attached hydrogen (secondary N) is 1. The Morgan fingerprint density at radius 1 is 1.46 bits per heavy atom. The van der Waals surface area contributed by atoms with Crippen LogP contribution in [0.15, 0.2) is 18.2 Å². The maximum absolute atomic E-state index is 13.6. The molecule has 2 heteroatoms. The third-order valence-electron chi connectivity index (χ3n) is 2.72. The van der Waals surface area contributed by atoms with Crippen molar-refractivity contribution in [3.63, 3.8) is 0 Å². The van der Waals surface area contributed by atoms with Gasteiger partial charge in [-0.25, -0.2) is 4.39 Å². The van der Waals surface area contributed by atoms with Crippen molar-refractivity contribution < 1.29 is 4.39 Å². The predicted octanol–water partition coefficient (Wildman–Crippen LogP) is 2.21. The lowest BCUT2D eigenvalue weighted by molar-refractivity contribution is 0.580. The molecule has 0 amide bonds. The summed E-state index contributed by atoms with van der Waals surface area (Å²) in [4.78, 5) is 0. The van der Waals surface area contributed by atoms with E-state index >= 15 is 0 Å². The Hall–Kier alpha value is -0.890. The largest absolute Gasteiger partial charge is 0.316 e. The van der Waals surface area contributed by atoms with Crippen LogP contribution in [0.25, 0.3) is 0 Å². The van der Waals surface area contributed by atoms with Gasteiger partial charge in [-0.15, -0.1) is 0 Å². The van der Waals surface area contributed by atoms with Gasteiger partial charge in [0, 0.05) is 12.5 Å². The molecule has 0 aromatic heterocycles. The van der Waals surface area contributed by atoms with Gasteiger partial charge in [0.25, 0.3) is 0 Å². The van der Waals surface area contributed by atoms with Gasteiger partial charge in [0.1, 0.15) is 5.82 Å². The van der Waals surface area contributed by atoms with Crippen molar-refractivity contribution in [3.05, 3.63) is 35.1 Å². The molecule has 0 bridgehead atoms. The molecule has 1 nitrogen and oxygen atoms in total. The van der Waals surface area contributed by atoms with Crippen LogP contribution in [0.3, 0.4) is 0 Å². The molecule has 1 unspecified atom stereocenters. The highest BCUT2D eigenvalue weighted by Gasteiger charge is 2.20. The first-order chi connectivity index (χ1) is 6.29. The molecular formula is C11H14FN. The molecule has 1 N–H and O–H groups in total. The van der Waals surface area contributed by atoms with Crippen LogP contribution < -0.4 is 5.32 Å². The summed E-state index contributed by atoms with van der Waals surface area (Å²) in [6, 6.07) is 5.66. The molecule has 13 heavy (non-hydrogen) atoms. The normalized spacial score (nSPS) is 22.2. The van der Waals surface area contributed by atoms with Crippen molar-refractivity contribution in [1.29, 1.82) is 0 Å². The van der Waals surface area contributed by atoms with E-state index in [9.17, 15) is 4.39 Å². The monoisotopic (exact) mass is 179 g/mol. The van der Waals surface area contributed by atoms with Gasteiger partial charge < -0.3 is 5.32 Å². The molecule has 1 heterocycles. The molecular weight excluding hydrogens is 165 g/mol. The van der Waals surface area contributed by atoms with E-state index in [1.165, 1.54) is 0 Å². The second-order valence-corrected chi connectivity index (χ2v) is 3.67. The molecule has 1 atom stereocenters. The van der Waals surface area contributed by atoms with Crippen LogP contribution in [0.4, 0.5) is 4.39 Å². The van der Waals surface area contributed by atoms with Crippen LogP contribution in [0.5, 0.6) is 0 Å². The Balaban J connectivity index is 2.33. The SMILES string of the molecule is Cc1cccc(C2CCNC2)c1F. The lowest BCUT2D eigenvalue weighted by Crippen LogP contribution is -2.09. The number of rotatable bonds is 1. The zero-order valence-corrected chi connectivity index (χ0v) is 7.81. The van der Waals surface area contributed by atoms with Gasteiger partial charge in [-0.05, 0) is 31.0 Å². The van der Waals surface area contributed by atoms with Gasteiger partial charge in [-0.2, -0.15) is 0 Å². The number of halogens is 1. The molecule has 70 valence electrons. The molecule has 1 aromatic carbocycles. The molecule has 1 aliphatic heterocycles. The van der Waals surface area contributed by atoms with Gasteiger partial charge in [0.2, 0.25) is 0 Å². The second kappa shape index (κ2) is 3.46.